The van der Waals surface area contributed by atoms with E-state index in [2.05, 4.69) is 5.32 Å². The first-order chi connectivity index (χ1) is 14.5. The number of anilines is 2. The fourth-order valence-electron chi connectivity index (χ4n) is 3.57. The van der Waals surface area contributed by atoms with Crippen molar-refractivity contribution < 1.29 is 14.5 Å². The van der Waals surface area contributed by atoms with Crippen LogP contribution in [0.1, 0.15) is 32.7 Å². The largest absolute Gasteiger partial charge is 0.322 e. The van der Waals surface area contributed by atoms with E-state index in [4.69, 9.17) is 0 Å². The van der Waals surface area contributed by atoms with E-state index in [1.807, 2.05) is 24.3 Å². The molecule has 1 aliphatic rings. The molecule has 3 aromatic carbocycles. The lowest BCUT2D eigenvalue weighted by molar-refractivity contribution is -0.384. The van der Waals surface area contributed by atoms with Gasteiger partial charge in [-0.15, -0.1) is 0 Å². The molecule has 7 nitrogen and oxygen atoms in total. The Balaban J connectivity index is 1.52. The molecular formula is C23H19N3O4. The van der Waals surface area contributed by atoms with Crippen LogP contribution < -0.4 is 10.2 Å². The lowest BCUT2D eigenvalue weighted by Gasteiger charge is -2.29. The number of benzene rings is 3. The smallest absolute Gasteiger partial charge is 0.269 e. The topological polar surface area (TPSA) is 92.6 Å². The summed E-state index contributed by atoms with van der Waals surface area (Å²) in [7, 11) is 0. The van der Waals surface area contributed by atoms with Crippen LogP contribution in [0.25, 0.3) is 0 Å². The molecule has 0 unspecified atom stereocenters. The van der Waals surface area contributed by atoms with Crippen molar-refractivity contribution in [1.82, 2.24) is 0 Å². The summed E-state index contributed by atoms with van der Waals surface area (Å²) in [6.07, 6.45) is 1.85. The molecule has 150 valence electrons. The molecule has 1 heterocycles. The van der Waals surface area contributed by atoms with E-state index >= 15 is 0 Å². The second-order valence-corrected chi connectivity index (χ2v) is 7.03. The summed E-state index contributed by atoms with van der Waals surface area (Å²) < 4.78 is 0. The molecule has 1 aliphatic heterocycles. The molecule has 4 rings (SSSR count). The van der Waals surface area contributed by atoms with Crippen molar-refractivity contribution in [3.8, 4) is 0 Å². The number of nitro benzene ring substituents is 1. The van der Waals surface area contributed by atoms with Gasteiger partial charge in [0.1, 0.15) is 0 Å². The van der Waals surface area contributed by atoms with Crippen LogP contribution in [0, 0.1) is 10.1 Å². The predicted octanol–water partition coefficient (Wildman–Crippen LogP) is 4.44. The van der Waals surface area contributed by atoms with E-state index in [1.165, 1.54) is 24.3 Å². The Morgan fingerprint density at radius 3 is 2.47 bits per heavy atom. The molecule has 0 aliphatic carbocycles. The Morgan fingerprint density at radius 2 is 1.70 bits per heavy atom. The highest BCUT2D eigenvalue weighted by Crippen LogP contribution is 2.28. The minimum Gasteiger partial charge on any atom is -0.322 e. The van der Waals surface area contributed by atoms with E-state index in [0.717, 1.165) is 24.1 Å². The van der Waals surface area contributed by atoms with Crippen LogP contribution in [0.2, 0.25) is 0 Å². The van der Waals surface area contributed by atoms with E-state index in [0.29, 0.717) is 23.4 Å². The molecular weight excluding hydrogens is 382 g/mol. The van der Waals surface area contributed by atoms with Crippen molar-refractivity contribution in [2.45, 2.75) is 12.8 Å². The number of nitro groups is 1. The van der Waals surface area contributed by atoms with E-state index in [-0.39, 0.29) is 11.6 Å². The van der Waals surface area contributed by atoms with Gasteiger partial charge in [-0.1, -0.05) is 24.3 Å². The molecule has 0 saturated carbocycles. The average Bonchev–Trinajstić information content (AvgIpc) is 2.78. The third-order valence-electron chi connectivity index (χ3n) is 5.06. The molecule has 0 radical (unpaired) electrons. The monoisotopic (exact) mass is 401 g/mol. The van der Waals surface area contributed by atoms with Crippen molar-refractivity contribution in [3.63, 3.8) is 0 Å². The summed E-state index contributed by atoms with van der Waals surface area (Å²) in [4.78, 5) is 37.6. The number of aryl methyl sites for hydroxylation is 1. The van der Waals surface area contributed by atoms with Crippen LogP contribution in [-0.2, 0) is 6.42 Å². The van der Waals surface area contributed by atoms with Gasteiger partial charge in [0.25, 0.3) is 17.5 Å². The second-order valence-electron chi connectivity index (χ2n) is 7.03. The normalized spacial score (nSPS) is 12.7. The van der Waals surface area contributed by atoms with Crippen LogP contribution in [0.4, 0.5) is 17.1 Å². The Bertz CT molecular complexity index is 1130. The molecule has 1 N–H and O–H groups in total. The highest BCUT2D eigenvalue weighted by molar-refractivity contribution is 6.08. The molecule has 0 saturated heterocycles. The first-order valence-corrected chi connectivity index (χ1v) is 9.58. The third kappa shape index (κ3) is 3.91. The van der Waals surface area contributed by atoms with Gasteiger partial charge in [-0.3, -0.25) is 19.7 Å². The Hall–Kier alpha value is -4.00. The van der Waals surface area contributed by atoms with E-state index in [1.54, 1.807) is 29.2 Å². The van der Waals surface area contributed by atoms with Crippen molar-refractivity contribution in [2.24, 2.45) is 0 Å². The molecule has 0 atom stereocenters. The summed E-state index contributed by atoms with van der Waals surface area (Å²) >= 11 is 0. The fraction of sp³-hybridized carbons (Fsp3) is 0.130. The van der Waals surface area contributed by atoms with Gasteiger partial charge in [-0.2, -0.15) is 0 Å². The highest BCUT2D eigenvalue weighted by atomic mass is 16.6. The van der Waals surface area contributed by atoms with Crippen LogP contribution in [0.3, 0.4) is 0 Å². The van der Waals surface area contributed by atoms with Gasteiger partial charge >= 0.3 is 0 Å². The fourth-order valence-corrected chi connectivity index (χ4v) is 3.57. The SMILES string of the molecule is O=C(Nc1cccc(C(=O)N2CCCc3ccccc32)c1)c1ccc([N+](=O)[O-])cc1. The number of fused-ring (bicyclic) bond motifs is 1. The standard InChI is InChI=1S/C23H19N3O4/c27-22(17-10-12-20(13-11-17)26(29)30)24-19-8-3-6-18(15-19)23(28)25-14-4-7-16-5-1-2-9-21(16)25/h1-3,5-6,8-13,15H,4,7,14H2,(H,24,27). The molecule has 0 fully saturated rings. The van der Waals surface area contributed by atoms with Crippen LogP contribution in [0.15, 0.2) is 72.8 Å². The number of carbonyl (C=O) groups excluding carboxylic acids is 2. The van der Waals surface area contributed by atoms with Gasteiger partial charge in [0.05, 0.1) is 4.92 Å². The number of hydrogen-bond acceptors (Lipinski definition) is 4. The molecule has 2 amide bonds. The number of nitrogens with one attached hydrogen (secondary N) is 1. The summed E-state index contributed by atoms with van der Waals surface area (Å²) in [6.45, 7) is 0.648. The van der Waals surface area contributed by atoms with Crippen LogP contribution in [-0.4, -0.2) is 23.3 Å². The number of nitrogens with zero attached hydrogens (tertiary/aromatic N) is 2. The summed E-state index contributed by atoms with van der Waals surface area (Å²) in [6, 6.07) is 20.0. The first kappa shape index (κ1) is 19.3. The van der Waals surface area contributed by atoms with Gasteiger partial charge < -0.3 is 10.2 Å². The Morgan fingerprint density at radius 1 is 0.933 bits per heavy atom. The summed E-state index contributed by atoms with van der Waals surface area (Å²) in [5.41, 5.74) is 3.25. The molecule has 0 bridgehead atoms. The van der Waals surface area contributed by atoms with Gasteiger partial charge in [-0.05, 0) is 54.8 Å². The van der Waals surface area contributed by atoms with Gasteiger partial charge in [0.15, 0.2) is 0 Å². The molecule has 30 heavy (non-hydrogen) atoms. The first-order valence-electron chi connectivity index (χ1n) is 9.58. The van der Waals surface area contributed by atoms with E-state index in [9.17, 15) is 19.7 Å². The molecule has 3 aromatic rings. The summed E-state index contributed by atoms with van der Waals surface area (Å²) in [5, 5.41) is 13.5. The number of hydrogen-bond donors (Lipinski definition) is 1. The minimum absolute atomic E-state index is 0.0824. The zero-order valence-electron chi connectivity index (χ0n) is 16.1. The van der Waals surface area contributed by atoms with Crippen molar-refractivity contribution in [1.29, 1.82) is 0 Å². The number of rotatable bonds is 4. The predicted molar refractivity (Wildman–Crippen MR) is 114 cm³/mol. The molecule has 0 aromatic heterocycles. The van der Waals surface area contributed by atoms with E-state index < -0.39 is 10.8 Å². The van der Waals surface area contributed by atoms with Crippen molar-refractivity contribution >= 4 is 28.9 Å². The zero-order chi connectivity index (χ0) is 21.1. The van der Waals surface area contributed by atoms with Crippen LogP contribution >= 0.6 is 0 Å². The quantitative estimate of drug-likeness (QED) is 0.517. The lowest BCUT2D eigenvalue weighted by Crippen LogP contribution is -2.35. The summed E-state index contributed by atoms with van der Waals surface area (Å²) in [5.74, 6) is -0.522. The number of carbonyl (C=O) groups is 2. The average molecular weight is 401 g/mol. The Kier molecular flexibility index (Phi) is 5.26. The number of non-ortho nitro benzene ring substituents is 1. The molecule has 0 spiro atoms. The maximum atomic E-state index is 13.1. The maximum Gasteiger partial charge on any atom is 0.269 e. The van der Waals surface area contributed by atoms with Gasteiger partial charge in [0, 0.05) is 41.2 Å². The van der Waals surface area contributed by atoms with Crippen LogP contribution in [0.5, 0.6) is 0 Å². The number of para-hydroxylation sites is 1. The highest BCUT2D eigenvalue weighted by Gasteiger charge is 2.23. The maximum absolute atomic E-state index is 13.1. The minimum atomic E-state index is -0.518. The number of amides is 2. The van der Waals surface area contributed by atoms with Crippen molar-refractivity contribution in [2.75, 3.05) is 16.8 Å². The third-order valence-corrected chi connectivity index (χ3v) is 5.06. The van der Waals surface area contributed by atoms with Gasteiger partial charge in [-0.25, -0.2) is 0 Å². The Labute approximate surface area is 173 Å². The second kappa shape index (κ2) is 8.16. The zero-order valence-corrected chi connectivity index (χ0v) is 16.1. The van der Waals surface area contributed by atoms with Gasteiger partial charge in [0.2, 0.25) is 0 Å². The lowest BCUT2D eigenvalue weighted by atomic mass is 10.0. The molecule has 7 heteroatoms. The van der Waals surface area contributed by atoms with Crippen molar-refractivity contribution in [3.05, 3.63) is 99.6 Å².